The van der Waals surface area contributed by atoms with Crippen molar-refractivity contribution in [1.82, 2.24) is 20.3 Å². The van der Waals surface area contributed by atoms with Crippen LogP contribution in [0.4, 0.5) is 0 Å². The van der Waals surface area contributed by atoms with Gasteiger partial charge in [0.1, 0.15) is 5.69 Å². The Morgan fingerprint density at radius 2 is 2.04 bits per heavy atom. The van der Waals surface area contributed by atoms with Gasteiger partial charge in [-0.25, -0.2) is 4.68 Å². The van der Waals surface area contributed by atoms with E-state index in [4.69, 9.17) is 4.74 Å². The van der Waals surface area contributed by atoms with Crippen LogP contribution in [0, 0.1) is 6.92 Å². The summed E-state index contributed by atoms with van der Waals surface area (Å²) < 4.78 is 6.79. The molecule has 1 amide bonds. The number of amides is 1. The number of aromatic hydroxyl groups is 1. The minimum atomic E-state index is -0.250. The highest BCUT2D eigenvalue weighted by Gasteiger charge is 2.04. The van der Waals surface area contributed by atoms with Crippen LogP contribution in [0.2, 0.25) is 0 Å². The summed E-state index contributed by atoms with van der Waals surface area (Å²) in [5.74, 6) is 0.158. The molecule has 28 heavy (non-hydrogen) atoms. The number of phenolic OH excluding ortho intramolecular Hbond substituents is 1. The fraction of sp³-hybridized carbons (Fsp3) is 0.190. The molecule has 0 spiro atoms. The number of methoxy groups -OCH3 is 1. The van der Waals surface area contributed by atoms with E-state index in [0.29, 0.717) is 18.0 Å². The first-order valence-corrected chi connectivity index (χ1v) is 8.81. The molecule has 0 aliphatic carbocycles. The number of nitrogens with one attached hydrogen (secondary N) is 1. The molecule has 0 unspecified atom stereocenters. The van der Waals surface area contributed by atoms with Crippen molar-refractivity contribution < 1.29 is 14.6 Å². The first-order valence-electron chi connectivity index (χ1n) is 8.81. The van der Waals surface area contributed by atoms with Gasteiger partial charge in [0.15, 0.2) is 11.5 Å². The van der Waals surface area contributed by atoms with Crippen LogP contribution in [0.3, 0.4) is 0 Å². The van der Waals surface area contributed by atoms with Gasteiger partial charge < -0.3 is 15.2 Å². The van der Waals surface area contributed by atoms with Gasteiger partial charge in [-0.3, -0.25) is 4.79 Å². The predicted molar refractivity (Wildman–Crippen MR) is 106 cm³/mol. The predicted octanol–water partition coefficient (Wildman–Crippen LogP) is 2.68. The summed E-state index contributed by atoms with van der Waals surface area (Å²) in [6.07, 6.45) is 4.88. The number of phenols is 1. The molecule has 0 saturated heterocycles. The number of nitrogens with zero attached hydrogens (tertiary/aromatic N) is 3. The van der Waals surface area contributed by atoms with Gasteiger partial charge in [-0.05, 0) is 36.3 Å². The van der Waals surface area contributed by atoms with Crippen molar-refractivity contribution in [3.63, 3.8) is 0 Å². The number of benzene rings is 2. The molecule has 0 atom stereocenters. The Hall–Kier alpha value is -3.61. The van der Waals surface area contributed by atoms with E-state index >= 15 is 0 Å². The van der Waals surface area contributed by atoms with Crippen molar-refractivity contribution in [3.05, 3.63) is 77.1 Å². The quantitative estimate of drug-likeness (QED) is 0.617. The molecule has 0 fully saturated rings. The minimum absolute atomic E-state index is 0.0535. The second-order valence-electron chi connectivity index (χ2n) is 6.38. The van der Waals surface area contributed by atoms with Crippen molar-refractivity contribution in [1.29, 1.82) is 0 Å². The van der Waals surface area contributed by atoms with E-state index in [9.17, 15) is 9.90 Å². The second kappa shape index (κ2) is 8.85. The van der Waals surface area contributed by atoms with Gasteiger partial charge in [-0.15, -0.1) is 5.10 Å². The number of aromatic nitrogens is 3. The molecule has 0 aliphatic rings. The molecule has 0 aliphatic heterocycles. The summed E-state index contributed by atoms with van der Waals surface area (Å²) in [7, 11) is 1.47. The summed E-state index contributed by atoms with van der Waals surface area (Å²) in [5.41, 5.74) is 3.77. The summed E-state index contributed by atoms with van der Waals surface area (Å²) in [6.45, 7) is 2.96. The third-order valence-electron chi connectivity index (χ3n) is 4.13. The number of carbonyl (C=O) groups excluding carboxylic acids is 1. The lowest BCUT2D eigenvalue weighted by atomic mass is 10.1. The molecule has 3 rings (SSSR count). The van der Waals surface area contributed by atoms with Gasteiger partial charge in [-0.2, -0.15) is 0 Å². The van der Waals surface area contributed by atoms with E-state index in [1.165, 1.54) is 24.8 Å². The van der Waals surface area contributed by atoms with Crippen molar-refractivity contribution >= 4 is 12.0 Å². The highest BCUT2D eigenvalue weighted by Crippen LogP contribution is 2.26. The molecule has 0 bridgehead atoms. The highest BCUT2D eigenvalue weighted by atomic mass is 16.5. The van der Waals surface area contributed by atoms with Gasteiger partial charge in [0.25, 0.3) is 0 Å². The standard InChI is InChI=1S/C21H22N4O3/c1-15-3-5-17(6-4-15)13-25-14-18(23-24-25)12-22-21(27)10-8-16-7-9-19(26)20(11-16)28-2/h3-11,14,26H,12-13H2,1-2H3,(H,22,27)/b10-8+. The maximum atomic E-state index is 12.0. The Morgan fingerprint density at radius 3 is 2.79 bits per heavy atom. The van der Waals surface area contributed by atoms with Crippen molar-refractivity contribution in [2.24, 2.45) is 0 Å². The first kappa shape index (κ1) is 19.2. The maximum Gasteiger partial charge on any atom is 0.244 e. The average molecular weight is 378 g/mol. The zero-order valence-electron chi connectivity index (χ0n) is 15.8. The molecule has 7 nitrogen and oxygen atoms in total. The third kappa shape index (κ3) is 5.20. The average Bonchev–Trinajstić information content (AvgIpc) is 3.15. The molecular formula is C21H22N4O3. The Labute approximate surface area is 163 Å². The topological polar surface area (TPSA) is 89.3 Å². The largest absolute Gasteiger partial charge is 0.504 e. The Kier molecular flexibility index (Phi) is 6.06. The summed E-state index contributed by atoms with van der Waals surface area (Å²) in [5, 5.41) is 20.5. The molecule has 2 N–H and O–H groups in total. The SMILES string of the molecule is COc1cc(/C=C/C(=O)NCc2cn(Cc3ccc(C)cc3)nn2)ccc1O. The molecule has 1 heterocycles. The van der Waals surface area contributed by atoms with E-state index in [2.05, 4.69) is 39.9 Å². The number of rotatable bonds is 7. The third-order valence-corrected chi connectivity index (χ3v) is 4.13. The van der Waals surface area contributed by atoms with Gasteiger partial charge in [0.05, 0.1) is 26.4 Å². The highest BCUT2D eigenvalue weighted by molar-refractivity contribution is 5.91. The van der Waals surface area contributed by atoms with Crippen LogP contribution in [0.1, 0.15) is 22.4 Å². The van der Waals surface area contributed by atoms with Crippen LogP contribution in [0.5, 0.6) is 11.5 Å². The zero-order chi connectivity index (χ0) is 19.9. The number of ether oxygens (including phenoxy) is 1. The molecule has 144 valence electrons. The smallest absolute Gasteiger partial charge is 0.244 e. The van der Waals surface area contributed by atoms with Crippen molar-refractivity contribution in [2.75, 3.05) is 7.11 Å². The van der Waals surface area contributed by atoms with E-state index in [0.717, 1.165) is 11.1 Å². The molecule has 7 heteroatoms. The van der Waals surface area contributed by atoms with Gasteiger partial charge in [-0.1, -0.05) is 41.1 Å². The zero-order valence-corrected chi connectivity index (χ0v) is 15.8. The molecule has 2 aromatic carbocycles. The van der Waals surface area contributed by atoms with Gasteiger partial charge in [0, 0.05) is 6.08 Å². The molecule has 3 aromatic rings. The lowest BCUT2D eigenvalue weighted by Crippen LogP contribution is -2.20. The van der Waals surface area contributed by atoms with Gasteiger partial charge in [0.2, 0.25) is 5.91 Å². The molecule has 0 radical (unpaired) electrons. The second-order valence-corrected chi connectivity index (χ2v) is 6.38. The normalized spacial score (nSPS) is 10.9. The van der Waals surface area contributed by atoms with Crippen molar-refractivity contribution in [2.45, 2.75) is 20.0 Å². The summed E-state index contributed by atoms with van der Waals surface area (Å²) >= 11 is 0. The van der Waals surface area contributed by atoms with E-state index in [1.54, 1.807) is 22.9 Å². The molecular weight excluding hydrogens is 356 g/mol. The first-order chi connectivity index (χ1) is 13.5. The van der Waals surface area contributed by atoms with Crippen LogP contribution in [-0.2, 0) is 17.9 Å². The molecule has 1 aromatic heterocycles. The minimum Gasteiger partial charge on any atom is -0.504 e. The molecule has 0 saturated carbocycles. The number of hydrogen-bond donors (Lipinski definition) is 2. The Balaban J connectivity index is 1.52. The van der Waals surface area contributed by atoms with Crippen LogP contribution >= 0.6 is 0 Å². The summed E-state index contributed by atoms with van der Waals surface area (Å²) in [4.78, 5) is 12.0. The maximum absolute atomic E-state index is 12.0. The fourth-order valence-corrected chi connectivity index (χ4v) is 2.58. The lowest BCUT2D eigenvalue weighted by Gasteiger charge is -2.03. The Bertz CT molecular complexity index is 978. The van der Waals surface area contributed by atoms with Gasteiger partial charge >= 0.3 is 0 Å². The van der Waals surface area contributed by atoms with Crippen LogP contribution < -0.4 is 10.1 Å². The van der Waals surface area contributed by atoms with Crippen molar-refractivity contribution in [3.8, 4) is 11.5 Å². The fourth-order valence-electron chi connectivity index (χ4n) is 2.58. The monoisotopic (exact) mass is 378 g/mol. The summed E-state index contributed by atoms with van der Waals surface area (Å²) in [6, 6.07) is 13.1. The number of hydrogen-bond acceptors (Lipinski definition) is 5. The Morgan fingerprint density at radius 1 is 1.25 bits per heavy atom. The lowest BCUT2D eigenvalue weighted by molar-refractivity contribution is -0.116. The van der Waals surface area contributed by atoms with E-state index < -0.39 is 0 Å². The van der Waals surface area contributed by atoms with E-state index in [1.807, 2.05) is 13.1 Å². The number of carbonyl (C=O) groups is 1. The number of aryl methyl sites for hydroxylation is 1. The van der Waals surface area contributed by atoms with Crippen LogP contribution in [-0.4, -0.2) is 33.1 Å². The van der Waals surface area contributed by atoms with Crippen LogP contribution in [0.25, 0.3) is 6.08 Å². The van der Waals surface area contributed by atoms with E-state index in [-0.39, 0.29) is 18.2 Å². The van der Waals surface area contributed by atoms with Crippen LogP contribution in [0.15, 0.2) is 54.7 Å².